The van der Waals surface area contributed by atoms with E-state index in [2.05, 4.69) is 12.2 Å². The number of carbonyl (C=O) groups excluding carboxylic acids is 1. The maximum atomic E-state index is 12.7. The number of amides is 1. The van der Waals surface area contributed by atoms with Gasteiger partial charge in [0, 0.05) is 45.7 Å². The minimum atomic E-state index is -3.43. The molecule has 0 aromatic carbocycles. The summed E-state index contributed by atoms with van der Waals surface area (Å²) in [5.41, 5.74) is 0. The summed E-state index contributed by atoms with van der Waals surface area (Å²) in [4.78, 5) is 14.5. The van der Waals surface area contributed by atoms with Gasteiger partial charge in [0.15, 0.2) is 0 Å². The van der Waals surface area contributed by atoms with E-state index in [4.69, 9.17) is 4.74 Å². The molecule has 1 unspecified atom stereocenters. The molecule has 8 nitrogen and oxygen atoms in total. The molecule has 0 aromatic heterocycles. The Morgan fingerprint density at radius 1 is 1.04 bits per heavy atom. The fourth-order valence-electron chi connectivity index (χ4n) is 4.09. The number of hydrogen-bond acceptors (Lipinski definition) is 5. The van der Waals surface area contributed by atoms with Gasteiger partial charge in [-0.3, -0.25) is 4.79 Å². The second-order valence-corrected chi connectivity index (χ2v) is 9.50. The monoisotopic (exact) mass is 424 g/mol. The first-order chi connectivity index (χ1) is 12.5. The zero-order valence-electron chi connectivity index (χ0n) is 16.1. The predicted octanol–water partition coefficient (Wildman–Crippen LogP) is 0.155. The van der Waals surface area contributed by atoms with Crippen molar-refractivity contribution in [1.29, 1.82) is 0 Å². The Bertz CT molecular complexity index is 571. The molecular formula is C17H33ClN4O4S. The molecule has 0 radical (unpaired) electrons. The van der Waals surface area contributed by atoms with Gasteiger partial charge in [-0.05, 0) is 37.8 Å². The number of nitrogens with zero attached hydrogens (tertiary/aromatic N) is 3. The van der Waals surface area contributed by atoms with Crippen LogP contribution in [0.2, 0.25) is 0 Å². The Labute approximate surface area is 169 Å². The number of ether oxygens (including phenoxy) is 1. The summed E-state index contributed by atoms with van der Waals surface area (Å²) in [6.07, 6.45) is 2.85. The second kappa shape index (κ2) is 10.4. The first kappa shape index (κ1) is 22.8. The summed E-state index contributed by atoms with van der Waals surface area (Å²) in [6.45, 7) is 7.72. The van der Waals surface area contributed by atoms with Crippen molar-refractivity contribution in [2.45, 2.75) is 26.2 Å². The normalized spacial score (nSPS) is 25.0. The highest BCUT2D eigenvalue weighted by Crippen LogP contribution is 2.25. The molecule has 1 atom stereocenters. The van der Waals surface area contributed by atoms with E-state index in [0.717, 1.165) is 25.9 Å². The molecular weight excluding hydrogens is 392 g/mol. The number of piperidine rings is 1. The molecule has 0 aromatic rings. The summed E-state index contributed by atoms with van der Waals surface area (Å²) in [5.74, 6) is 1.17. The summed E-state index contributed by atoms with van der Waals surface area (Å²) in [5, 5.41) is 3.36. The van der Waals surface area contributed by atoms with E-state index in [1.165, 1.54) is 8.61 Å². The Morgan fingerprint density at radius 2 is 1.59 bits per heavy atom. The molecule has 3 rings (SSSR count). The second-order valence-electron chi connectivity index (χ2n) is 7.57. The minimum absolute atomic E-state index is 0. The van der Waals surface area contributed by atoms with Crippen LogP contribution in [0.1, 0.15) is 26.2 Å². The standard InChI is InChI=1S/C17H32N4O4S.ClH/c1-15(16-2-4-18-5-3-16)14-17(22)19-6-8-20(9-7-19)26(23,24)21-10-12-25-13-11-21;/h15-16,18H,2-14H2,1H3;1H. The van der Waals surface area contributed by atoms with E-state index in [1.54, 1.807) is 0 Å². The predicted molar refractivity (Wildman–Crippen MR) is 106 cm³/mol. The van der Waals surface area contributed by atoms with E-state index in [9.17, 15) is 13.2 Å². The smallest absolute Gasteiger partial charge is 0.282 e. The average molecular weight is 425 g/mol. The number of morpholine rings is 1. The third-order valence-corrected chi connectivity index (χ3v) is 7.93. The van der Waals surface area contributed by atoms with Crippen molar-refractivity contribution >= 4 is 28.5 Å². The molecule has 3 heterocycles. The van der Waals surface area contributed by atoms with Crippen molar-refractivity contribution < 1.29 is 17.9 Å². The molecule has 3 aliphatic heterocycles. The highest BCUT2D eigenvalue weighted by atomic mass is 35.5. The Hall–Kier alpha value is -0.450. The largest absolute Gasteiger partial charge is 0.379 e. The lowest BCUT2D eigenvalue weighted by atomic mass is 9.84. The highest BCUT2D eigenvalue weighted by Gasteiger charge is 2.34. The van der Waals surface area contributed by atoms with Crippen LogP contribution >= 0.6 is 12.4 Å². The van der Waals surface area contributed by atoms with Gasteiger partial charge in [-0.1, -0.05) is 6.92 Å². The van der Waals surface area contributed by atoms with E-state index in [-0.39, 0.29) is 18.3 Å². The van der Waals surface area contributed by atoms with Crippen LogP contribution in [0.25, 0.3) is 0 Å². The van der Waals surface area contributed by atoms with Crippen molar-refractivity contribution in [2.24, 2.45) is 11.8 Å². The first-order valence-electron chi connectivity index (χ1n) is 9.80. The summed E-state index contributed by atoms with van der Waals surface area (Å²) < 4.78 is 33.6. The van der Waals surface area contributed by atoms with Gasteiger partial charge in [-0.2, -0.15) is 17.0 Å². The van der Waals surface area contributed by atoms with Gasteiger partial charge < -0.3 is 15.0 Å². The van der Waals surface area contributed by atoms with Crippen LogP contribution < -0.4 is 5.32 Å². The number of piperazine rings is 1. The van der Waals surface area contributed by atoms with Gasteiger partial charge in [0.25, 0.3) is 10.2 Å². The van der Waals surface area contributed by atoms with Crippen LogP contribution in [-0.2, 0) is 19.7 Å². The summed E-state index contributed by atoms with van der Waals surface area (Å²) in [6, 6.07) is 0. The third kappa shape index (κ3) is 5.77. The van der Waals surface area contributed by atoms with E-state index < -0.39 is 10.2 Å². The van der Waals surface area contributed by atoms with Gasteiger partial charge >= 0.3 is 0 Å². The minimum Gasteiger partial charge on any atom is -0.379 e. The Morgan fingerprint density at radius 3 is 2.19 bits per heavy atom. The van der Waals surface area contributed by atoms with Gasteiger partial charge in [0.05, 0.1) is 13.2 Å². The zero-order chi connectivity index (χ0) is 18.6. The molecule has 3 fully saturated rings. The Balaban J connectivity index is 0.00000261. The lowest BCUT2D eigenvalue weighted by Crippen LogP contribution is -2.55. The van der Waals surface area contributed by atoms with Crippen LogP contribution in [0, 0.1) is 11.8 Å². The highest BCUT2D eigenvalue weighted by molar-refractivity contribution is 7.86. The van der Waals surface area contributed by atoms with Crippen LogP contribution in [-0.4, -0.2) is 93.4 Å². The number of hydrogen-bond donors (Lipinski definition) is 1. The Kier molecular flexibility index (Phi) is 8.76. The zero-order valence-corrected chi connectivity index (χ0v) is 17.8. The van der Waals surface area contributed by atoms with Gasteiger partial charge in [-0.25, -0.2) is 0 Å². The summed E-state index contributed by atoms with van der Waals surface area (Å²) in [7, 11) is -3.43. The van der Waals surface area contributed by atoms with Crippen LogP contribution in [0.3, 0.4) is 0 Å². The van der Waals surface area contributed by atoms with Gasteiger partial charge in [0.1, 0.15) is 0 Å². The molecule has 0 saturated carbocycles. The quantitative estimate of drug-likeness (QED) is 0.679. The van der Waals surface area contributed by atoms with Crippen LogP contribution in [0.5, 0.6) is 0 Å². The van der Waals surface area contributed by atoms with E-state index in [1.807, 2.05) is 4.90 Å². The van der Waals surface area contributed by atoms with E-state index in [0.29, 0.717) is 70.7 Å². The maximum Gasteiger partial charge on any atom is 0.282 e. The topological polar surface area (TPSA) is 82.2 Å². The van der Waals surface area contributed by atoms with Crippen LogP contribution in [0.15, 0.2) is 0 Å². The van der Waals surface area contributed by atoms with Crippen molar-refractivity contribution in [3.63, 3.8) is 0 Å². The lowest BCUT2D eigenvalue weighted by Gasteiger charge is -2.38. The lowest BCUT2D eigenvalue weighted by molar-refractivity contribution is -0.133. The SMILES string of the molecule is CC(CC(=O)N1CCN(S(=O)(=O)N2CCOCC2)CC1)C1CCNCC1.Cl. The van der Waals surface area contributed by atoms with Crippen molar-refractivity contribution in [3.8, 4) is 0 Å². The number of rotatable bonds is 5. The molecule has 27 heavy (non-hydrogen) atoms. The number of halogens is 1. The third-order valence-electron chi connectivity index (χ3n) is 5.90. The molecule has 0 bridgehead atoms. The van der Waals surface area contributed by atoms with Gasteiger partial charge in [-0.15, -0.1) is 12.4 Å². The van der Waals surface area contributed by atoms with Gasteiger partial charge in [0.2, 0.25) is 5.91 Å². The number of carbonyl (C=O) groups is 1. The maximum absolute atomic E-state index is 12.7. The molecule has 158 valence electrons. The summed E-state index contributed by atoms with van der Waals surface area (Å²) >= 11 is 0. The molecule has 3 saturated heterocycles. The van der Waals surface area contributed by atoms with Crippen molar-refractivity contribution in [2.75, 3.05) is 65.6 Å². The molecule has 1 N–H and O–H groups in total. The first-order valence-corrected chi connectivity index (χ1v) is 11.2. The molecule has 10 heteroatoms. The van der Waals surface area contributed by atoms with E-state index >= 15 is 0 Å². The molecule has 0 spiro atoms. The number of nitrogens with one attached hydrogen (secondary N) is 1. The molecule has 3 aliphatic rings. The van der Waals surface area contributed by atoms with Crippen LogP contribution in [0.4, 0.5) is 0 Å². The fourth-order valence-corrected chi connectivity index (χ4v) is 5.66. The van der Waals surface area contributed by atoms with Crippen molar-refractivity contribution in [1.82, 2.24) is 18.8 Å². The fraction of sp³-hybridized carbons (Fsp3) is 0.941. The average Bonchev–Trinajstić information content (AvgIpc) is 2.69. The van der Waals surface area contributed by atoms with Crippen molar-refractivity contribution in [3.05, 3.63) is 0 Å². The molecule has 1 amide bonds. The molecule has 0 aliphatic carbocycles.